The largest absolute Gasteiger partial charge is 0.573 e. The van der Waals surface area contributed by atoms with Crippen molar-refractivity contribution in [1.29, 1.82) is 0 Å². The van der Waals surface area contributed by atoms with Gasteiger partial charge in [0.05, 0.1) is 18.3 Å². The van der Waals surface area contributed by atoms with Crippen molar-refractivity contribution in [3.05, 3.63) is 84.3 Å². The van der Waals surface area contributed by atoms with Crippen LogP contribution < -0.4 is 15.4 Å². The van der Waals surface area contributed by atoms with Gasteiger partial charge in [-0.1, -0.05) is 30.3 Å². The van der Waals surface area contributed by atoms with E-state index in [9.17, 15) is 18.0 Å². The molecule has 1 amide bonds. The smallest absolute Gasteiger partial charge is 0.467 e. The van der Waals surface area contributed by atoms with Gasteiger partial charge in [0.15, 0.2) is 0 Å². The second kappa shape index (κ2) is 8.83. The van der Waals surface area contributed by atoms with Crippen molar-refractivity contribution in [2.45, 2.75) is 25.4 Å². The van der Waals surface area contributed by atoms with Gasteiger partial charge in [0.25, 0.3) is 0 Å². The molecule has 0 saturated heterocycles. The number of halogens is 3. The van der Waals surface area contributed by atoms with Gasteiger partial charge in [-0.25, -0.2) is 0 Å². The van der Waals surface area contributed by atoms with E-state index in [1.165, 1.54) is 12.1 Å². The first-order valence-electron chi connectivity index (χ1n) is 8.83. The van der Waals surface area contributed by atoms with Gasteiger partial charge in [-0.05, 0) is 48.9 Å². The number of anilines is 1. The first-order chi connectivity index (χ1) is 13.8. The van der Waals surface area contributed by atoms with Crippen molar-refractivity contribution in [2.24, 2.45) is 0 Å². The van der Waals surface area contributed by atoms with Gasteiger partial charge in [0.2, 0.25) is 5.91 Å². The molecule has 5 nitrogen and oxygen atoms in total. The number of nitrogens with one attached hydrogen (secondary N) is 2. The lowest BCUT2D eigenvalue weighted by Crippen LogP contribution is -2.40. The van der Waals surface area contributed by atoms with Gasteiger partial charge >= 0.3 is 6.36 Å². The topological polar surface area (TPSA) is 63.5 Å². The Balaban J connectivity index is 1.66. The van der Waals surface area contributed by atoms with Crippen LogP contribution in [0.1, 0.15) is 24.3 Å². The van der Waals surface area contributed by atoms with Crippen molar-refractivity contribution >= 4 is 11.6 Å². The first kappa shape index (κ1) is 20.5. The van der Waals surface area contributed by atoms with Crippen LogP contribution in [0.4, 0.5) is 18.9 Å². The van der Waals surface area contributed by atoms with Gasteiger partial charge in [0, 0.05) is 5.69 Å². The summed E-state index contributed by atoms with van der Waals surface area (Å²) in [5, 5.41) is 5.88. The highest BCUT2D eigenvalue weighted by atomic mass is 19.4. The molecule has 0 aliphatic heterocycles. The zero-order valence-corrected chi connectivity index (χ0v) is 15.4. The van der Waals surface area contributed by atoms with Crippen LogP contribution in [-0.2, 0) is 4.79 Å². The molecule has 0 spiro atoms. The maximum atomic E-state index is 12.5. The fourth-order valence-corrected chi connectivity index (χ4v) is 2.76. The molecule has 1 aromatic heterocycles. The number of hydrogen-bond acceptors (Lipinski definition) is 4. The Morgan fingerprint density at radius 2 is 1.69 bits per heavy atom. The van der Waals surface area contributed by atoms with Gasteiger partial charge in [-0.15, -0.1) is 13.2 Å². The number of furan rings is 1. The second-order valence-corrected chi connectivity index (χ2v) is 6.31. The number of benzene rings is 2. The van der Waals surface area contributed by atoms with Crippen LogP contribution in [0.2, 0.25) is 0 Å². The Bertz CT molecular complexity index is 911. The molecule has 0 unspecified atom stereocenters. The maximum Gasteiger partial charge on any atom is 0.573 e. The van der Waals surface area contributed by atoms with E-state index in [1.54, 1.807) is 19.3 Å². The standard InChI is InChI=1S/C21H19F3N2O3/c1-14(20(27)26-16-9-11-17(12-10-16)29-21(22,23)24)25-19(18-8-5-13-28-18)15-6-3-2-4-7-15/h2-14,19,25H,1H3,(H,26,27)/t14-,19+/m1/s1. The van der Waals surface area contributed by atoms with E-state index in [-0.39, 0.29) is 17.7 Å². The normalized spacial score (nSPS) is 13.5. The minimum absolute atomic E-state index is 0.338. The monoisotopic (exact) mass is 404 g/mol. The predicted octanol–water partition coefficient (Wildman–Crippen LogP) is 4.88. The van der Waals surface area contributed by atoms with E-state index < -0.39 is 12.4 Å². The van der Waals surface area contributed by atoms with Crippen LogP contribution in [0.3, 0.4) is 0 Å². The number of alkyl halides is 3. The Hall–Kier alpha value is -3.26. The first-order valence-corrected chi connectivity index (χ1v) is 8.83. The third kappa shape index (κ3) is 5.86. The Morgan fingerprint density at radius 1 is 1.00 bits per heavy atom. The minimum Gasteiger partial charge on any atom is -0.467 e. The number of amides is 1. The highest BCUT2D eigenvalue weighted by Gasteiger charge is 2.31. The number of rotatable bonds is 7. The fraction of sp³-hybridized carbons (Fsp3) is 0.190. The van der Waals surface area contributed by atoms with Gasteiger partial charge in [-0.3, -0.25) is 10.1 Å². The summed E-state index contributed by atoms with van der Waals surface area (Å²) in [4.78, 5) is 12.5. The van der Waals surface area contributed by atoms with E-state index in [1.807, 2.05) is 36.4 Å². The predicted molar refractivity (Wildman–Crippen MR) is 101 cm³/mol. The second-order valence-electron chi connectivity index (χ2n) is 6.31. The zero-order chi connectivity index (χ0) is 20.9. The molecule has 0 bridgehead atoms. The summed E-state index contributed by atoms with van der Waals surface area (Å²) in [5.41, 5.74) is 1.28. The molecule has 0 aliphatic carbocycles. The fourth-order valence-electron chi connectivity index (χ4n) is 2.76. The lowest BCUT2D eigenvalue weighted by molar-refractivity contribution is -0.274. The number of carbonyl (C=O) groups is 1. The van der Waals surface area contributed by atoms with E-state index in [0.29, 0.717) is 11.4 Å². The van der Waals surface area contributed by atoms with E-state index in [2.05, 4.69) is 15.4 Å². The zero-order valence-electron chi connectivity index (χ0n) is 15.4. The van der Waals surface area contributed by atoms with E-state index in [0.717, 1.165) is 17.7 Å². The molecular formula is C21H19F3N2O3. The van der Waals surface area contributed by atoms with Crippen LogP contribution in [0.15, 0.2) is 77.4 Å². The Kier molecular flexibility index (Phi) is 6.23. The molecule has 0 aliphatic rings. The number of carbonyl (C=O) groups excluding carboxylic acids is 1. The average molecular weight is 404 g/mol. The van der Waals surface area contributed by atoms with Gasteiger partial charge in [0.1, 0.15) is 11.5 Å². The summed E-state index contributed by atoms with van der Waals surface area (Å²) >= 11 is 0. The van der Waals surface area contributed by atoms with Crippen molar-refractivity contribution in [1.82, 2.24) is 5.32 Å². The third-order valence-corrected chi connectivity index (χ3v) is 4.13. The highest BCUT2D eigenvalue weighted by Crippen LogP contribution is 2.25. The van der Waals surface area contributed by atoms with Crippen LogP contribution >= 0.6 is 0 Å². The highest BCUT2D eigenvalue weighted by molar-refractivity contribution is 5.94. The van der Waals surface area contributed by atoms with E-state index in [4.69, 9.17) is 4.42 Å². The van der Waals surface area contributed by atoms with Crippen LogP contribution in [0.25, 0.3) is 0 Å². The van der Waals surface area contributed by atoms with Crippen molar-refractivity contribution in [3.63, 3.8) is 0 Å². The van der Waals surface area contributed by atoms with Crippen LogP contribution in [-0.4, -0.2) is 18.3 Å². The third-order valence-electron chi connectivity index (χ3n) is 4.13. The van der Waals surface area contributed by atoms with Gasteiger partial charge < -0.3 is 14.5 Å². The molecule has 8 heteroatoms. The Labute approximate surface area is 165 Å². The molecule has 2 aromatic carbocycles. The van der Waals surface area contributed by atoms with Gasteiger partial charge in [-0.2, -0.15) is 0 Å². The molecule has 29 heavy (non-hydrogen) atoms. The molecule has 3 aromatic rings. The molecule has 1 heterocycles. The van der Waals surface area contributed by atoms with Crippen molar-refractivity contribution in [2.75, 3.05) is 5.32 Å². The quantitative estimate of drug-likeness (QED) is 0.589. The molecule has 0 radical (unpaired) electrons. The lowest BCUT2D eigenvalue weighted by atomic mass is 10.0. The van der Waals surface area contributed by atoms with Crippen molar-refractivity contribution in [3.8, 4) is 5.75 Å². The summed E-state index contributed by atoms with van der Waals surface area (Å²) in [7, 11) is 0. The summed E-state index contributed by atoms with van der Waals surface area (Å²) < 4.78 is 46.0. The number of ether oxygens (including phenoxy) is 1. The molecule has 3 rings (SSSR count). The molecule has 0 saturated carbocycles. The Morgan fingerprint density at radius 3 is 2.28 bits per heavy atom. The van der Waals surface area contributed by atoms with Crippen LogP contribution in [0.5, 0.6) is 5.75 Å². The average Bonchev–Trinajstić information content (AvgIpc) is 3.21. The number of hydrogen-bond donors (Lipinski definition) is 2. The minimum atomic E-state index is -4.76. The lowest BCUT2D eigenvalue weighted by Gasteiger charge is -2.22. The van der Waals surface area contributed by atoms with E-state index >= 15 is 0 Å². The molecule has 152 valence electrons. The molecule has 2 atom stereocenters. The summed E-state index contributed by atoms with van der Waals surface area (Å²) in [6.45, 7) is 1.69. The SMILES string of the molecule is C[C@@H](N[C@@H](c1ccccc1)c1ccco1)C(=O)Nc1ccc(OC(F)(F)F)cc1. The molecular weight excluding hydrogens is 385 g/mol. The van der Waals surface area contributed by atoms with Crippen molar-refractivity contribution < 1.29 is 27.1 Å². The maximum absolute atomic E-state index is 12.5. The van der Waals surface area contributed by atoms with Crippen LogP contribution in [0, 0.1) is 0 Å². The molecule has 0 fully saturated rings. The molecule has 2 N–H and O–H groups in total. The summed E-state index contributed by atoms with van der Waals surface area (Å²) in [6.07, 6.45) is -3.20. The summed E-state index contributed by atoms with van der Waals surface area (Å²) in [5.74, 6) is -0.0462. The summed E-state index contributed by atoms with van der Waals surface area (Å²) in [6, 6.07) is 17.1.